The van der Waals surface area contributed by atoms with Crippen LogP contribution < -0.4 is 15.8 Å². The van der Waals surface area contributed by atoms with Crippen molar-refractivity contribution in [3.05, 3.63) is 29.8 Å². The second kappa shape index (κ2) is 9.37. The first-order valence-corrected chi connectivity index (χ1v) is 7.28. The van der Waals surface area contributed by atoms with Crippen molar-refractivity contribution >= 4 is 5.91 Å². The highest BCUT2D eigenvalue weighted by Crippen LogP contribution is 2.13. The summed E-state index contributed by atoms with van der Waals surface area (Å²) in [6, 6.07) is 8.12. The molecule has 0 aliphatic rings. The molecule has 1 rings (SSSR count). The van der Waals surface area contributed by atoms with Crippen molar-refractivity contribution in [3.8, 4) is 5.75 Å². The van der Waals surface area contributed by atoms with Gasteiger partial charge in [-0.15, -0.1) is 0 Å². The smallest absolute Gasteiger partial charge is 0.217 e. The van der Waals surface area contributed by atoms with E-state index < -0.39 is 0 Å². The Kier molecular flexibility index (Phi) is 7.73. The Balaban J connectivity index is 2.19. The van der Waals surface area contributed by atoms with Crippen molar-refractivity contribution in [2.24, 2.45) is 11.7 Å². The Morgan fingerprint density at radius 3 is 2.60 bits per heavy atom. The van der Waals surface area contributed by atoms with Gasteiger partial charge in [-0.25, -0.2) is 0 Å². The minimum atomic E-state index is -0.241. The van der Waals surface area contributed by atoms with Gasteiger partial charge in [0, 0.05) is 13.0 Å². The number of nitrogens with one attached hydrogen (secondary N) is 1. The van der Waals surface area contributed by atoms with E-state index in [1.165, 1.54) is 5.56 Å². The van der Waals surface area contributed by atoms with Gasteiger partial charge in [-0.1, -0.05) is 26.0 Å². The number of primary amides is 1. The molecule has 3 N–H and O–H groups in total. The van der Waals surface area contributed by atoms with E-state index in [-0.39, 0.29) is 5.91 Å². The van der Waals surface area contributed by atoms with Crippen molar-refractivity contribution in [2.45, 2.75) is 39.7 Å². The first kappa shape index (κ1) is 16.5. The number of ether oxygens (including phenoxy) is 1. The molecular weight excluding hydrogens is 252 g/mol. The van der Waals surface area contributed by atoms with Crippen LogP contribution in [0.15, 0.2) is 24.3 Å². The lowest BCUT2D eigenvalue weighted by atomic mass is 10.1. The third-order valence-electron chi connectivity index (χ3n) is 2.99. The van der Waals surface area contributed by atoms with E-state index >= 15 is 0 Å². The first-order valence-electron chi connectivity index (χ1n) is 7.28. The van der Waals surface area contributed by atoms with E-state index in [0.717, 1.165) is 38.3 Å². The fourth-order valence-electron chi connectivity index (χ4n) is 1.74. The highest BCUT2D eigenvalue weighted by molar-refractivity contribution is 5.73. The fourth-order valence-corrected chi connectivity index (χ4v) is 1.74. The molecule has 0 fully saturated rings. The molecule has 1 aromatic rings. The molecule has 1 aromatic carbocycles. The summed E-state index contributed by atoms with van der Waals surface area (Å²) < 4.78 is 5.67. The Hall–Kier alpha value is -1.55. The van der Waals surface area contributed by atoms with Crippen LogP contribution in [0, 0.1) is 5.92 Å². The Bertz CT molecular complexity index is 388. The highest BCUT2D eigenvalue weighted by atomic mass is 16.5. The van der Waals surface area contributed by atoms with Crippen molar-refractivity contribution in [3.63, 3.8) is 0 Å². The average molecular weight is 278 g/mol. The van der Waals surface area contributed by atoms with Crippen LogP contribution >= 0.6 is 0 Å². The quantitative estimate of drug-likeness (QED) is 0.646. The van der Waals surface area contributed by atoms with Gasteiger partial charge in [-0.05, 0) is 43.0 Å². The van der Waals surface area contributed by atoms with Gasteiger partial charge in [0.1, 0.15) is 5.75 Å². The van der Waals surface area contributed by atoms with Gasteiger partial charge in [0.2, 0.25) is 5.91 Å². The molecule has 0 atom stereocenters. The van der Waals surface area contributed by atoms with Gasteiger partial charge >= 0.3 is 0 Å². The van der Waals surface area contributed by atoms with E-state index in [1.807, 2.05) is 12.1 Å². The van der Waals surface area contributed by atoms with Gasteiger partial charge < -0.3 is 15.8 Å². The Morgan fingerprint density at radius 2 is 2.00 bits per heavy atom. The molecule has 4 nitrogen and oxygen atoms in total. The lowest BCUT2D eigenvalue weighted by Gasteiger charge is -2.09. The third kappa shape index (κ3) is 7.79. The SMILES string of the molecule is CC(C)CCOc1ccc(CNCCCC(N)=O)cc1. The molecule has 0 saturated heterocycles. The minimum Gasteiger partial charge on any atom is -0.494 e. The summed E-state index contributed by atoms with van der Waals surface area (Å²) in [6.45, 7) is 6.75. The van der Waals surface area contributed by atoms with Crippen LogP contribution in [0.3, 0.4) is 0 Å². The molecule has 0 aromatic heterocycles. The zero-order chi connectivity index (χ0) is 14.8. The summed E-state index contributed by atoms with van der Waals surface area (Å²) in [4.78, 5) is 10.6. The molecule has 112 valence electrons. The van der Waals surface area contributed by atoms with Crippen LogP contribution in [0.4, 0.5) is 0 Å². The van der Waals surface area contributed by atoms with E-state index in [1.54, 1.807) is 0 Å². The number of carbonyl (C=O) groups is 1. The number of benzene rings is 1. The molecule has 0 saturated carbocycles. The predicted octanol–water partition coefficient (Wildman–Crippen LogP) is 2.47. The zero-order valence-corrected chi connectivity index (χ0v) is 12.5. The number of amides is 1. The molecule has 0 aliphatic carbocycles. The predicted molar refractivity (Wildman–Crippen MR) is 81.5 cm³/mol. The zero-order valence-electron chi connectivity index (χ0n) is 12.5. The highest BCUT2D eigenvalue weighted by Gasteiger charge is 1.98. The largest absolute Gasteiger partial charge is 0.494 e. The molecule has 0 aliphatic heterocycles. The number of hydrogen-bond donors (Lipinski definition) is 2. The maximum atomic E-state index is 10.6. The van der Waals surface area contributed by atoms with Crippen LogP contribution in [0.1, 0.15) is 38.7 Å². The maximum Gasteiger partial charge on any atom is 0.217 e. The van der Waals surface area contributed by atoms with Crippen LogP contribution in [0.5, 0.6) is 5.75 Å². The van der Waals surface area contributed by atoms with Crippen molar-refractivity contribution in [1.29, 1.82) is 0 Å². The number of carbonyl (C=O) groups excluding carboxylic acids is 1. The van der Waals surface area contributed by atoms with Crippen LogP contribution in [0.25, 0.3) is 0 Å². The molecule has 0 bridgehead atoms. The minimum absolute atomic E-state index is 0.241. The van der Waals surface area contributed by atoms with Crippen molar-refractivity contribution in [2.75, 3.05) is 13.2 Å². The van der Waals surface area contributed by atoms with Crippen molar-refractivity contribution < 1.29 is 9.53 Å². The standard InChI is InChI=1S/C16H26N2O2/c1-13(2)9-11-20-15-7-5-14(6-8-15)12-18-10-3-4-16(17)19/h5-8,13,18H,3-4,9-12H2,1-2H3,(H2,17,19). The number of hydrogen-bond acceptors (Lipinski definition) is 3. The second-order valence-corrected chi connectivity index (χ2v) is 5.42. The summed E-state index contributed by atoms with van der Waals surface area (Å²) in [5.74, 6) is 1.34. The number of nitrogens with two attached hydrogens (primary N) is 1. The summed E-state index contributed by atoms with van der Waals surface area (Å²) in [5.41, 5.74) is 6.29. The Labute approximate surface area is 121 Å². The van der Waals surface area contributed by atoms with Gasteiger partial charge in [-0.3, -0.25) is 4.79 Å². The molecule has 0 spiro atoms. The van der Waals surface area contributed by atoms with Crippen LogP contribution in [0.2, 0.25) is 0 Å². The third-order valence-corrected chi connectivity index (χ3v) is 2.99. The monoisotopic (exact) mass is 278 g/mol. The van der Waals surface area contributed by atoms with Crippen LogP contribution in [-0.2, 0) is 11.3 Å². The van der Waals surface area contributed by atoms with Crippen molar-refractivity contribution in [1.82, 2.24) is 5.32 Å². The summed E-state index contributed by atoms with van der Waals surface area (Å²) in [5, 5.41) is 3.29. The molecule has 0 heterocycles. The maximum absolute atomic E-state index is 10.6. The van der Waals surface area contributed by atoms with E-state index in [4.69, 9.17) is 10.5 Å². The molecule has 20 heavy (non-hydrogen) atoms. The Morgan fingerprint density at radius 1 is 1.30 bits per heavy atom. The molecule has 0 radical (unpaired) electrons. The normalized spacial score (nSPS) is 10.8. The molecular formula is C16H26N2O2. The molecule has 4 heteroatoms. The molecule has 0 unspecified atom stereocenters. The lowest BCUT2D eigenvalue weighted by Crippen LogP contribution is -2.18. The number of rotatable bonds is 10. The average Bonchev–Trinajstić information content (AvgIpc) is 2.39. The summed E-state index contributed by atoms with van der Waals surface area (Å²) >= 11 is 0. The summed E-state index contributed by atoms with van der Waals surface area (Å²) in [7, 11) is 0. The second-order valence-electron chi connectivity index (χ2n) is 5.42. The van der Waals surface area contributed by atoms with Gasteiger partial charge in [-0.2, -0.15) is 0 Å². The van der Waals surface area contributed by atoms with E-state index in [2.05, 4.69) is 31.3 Å². The summed E-state index contributed by atoms with van der Waals surface area (Å²) in [6.07, 6.45) is 2.30. The first-order chi connectivity index (χ1) is 9.58. The van der Waals surface area contributed by atoms with E-state index in [0.29, 0.717) is 12.3 Å². The van der Waals surface area contributed by atoms with Gasteiger partial charge in [0.05, 0.1) is 6.61 Å². The topological polar surface area (TPSA) is 64.3 Å². The lowest BCUT2D eigenvalue weighted by molar-refractivity contribution is -0.118. The van der Waals surface area contributed by atoms with Crippen LogP contribution in [-0.4, -0.2) is 19.1 Å². The fraction of sp³-hybridized carbons (Fsp3) is 0.562. The van der Waals surface area contributed by atoms with E-state index in [9.17, 15) is 4.79 Å². The molecule has 1 amide bonds. The van der Waals surface area contributed by atoms with Gasteiger partial charge in [0.15, 0.2) is 0 Å². The van der Waals surface area contributed by atoms with Gasteiger partial charge in [0.25, 0.3) is 0 Å².